The number of amides is 1. The summed E-state index contributed by atoms with van der Waals surface area (Å²) in [4.78, 5) is 12.1. The van der Waals surface area contributed by atoms with Gasteiger partial charge in [-0.2, -0.15) is 11.3 Å². The van der Waals surface area contributed by atoms with Crippen LogP contribution >= 0.6 is 11.3 Å². The van der Waals surface area contributed by atoms with Crippen molar-refractivity contribution in [1.29, 1.82) is 0 Å². The molecular weight excluding hydrogens is 272 g/mol. The van der Waals surface area contributed by atoms with E-state index in [9.17, 15) is 13.2 Å². The van der Waals surface area contributed by atoms with E-state index in [0.29, 0.717) is 12.1 Å². The molecule has 0 aromatic carbocycles. The van der Waals surface area contributed by atoms with E-state index < -0.39 is 16.1 Å². The summed E-state index contributed by atoms with van der Waals surface area (Å²) in [5.41, 5.74) is 0.689. The smallest absolute Gasteiger partial charge is 0.242 e. The van der Waals surface area contributed by atoms with Gasteiger partial charge in [-0.15, -0.1) is 0 Å². The average Bonchev–Trinajstić information content (AvgIpc) is 2.76. The molecule has 2 atom stereocenters. The second-order valence-electron chi connectivity index (χ2n) is 4.25. The molecule has 0 fully saturated rings. The molecule has 0 aliphatic carbocycles. The summed E-state index contributed by atoms with van der Waals surface area (Å²) >= 11 is 1.47. The number of hydrogen-bond acceptors (Lipinski definition) is 4. The lowest BCUT2D eigenvalue weighted by Crippen LogP contribution is -2.47. The molecule has 1 aromatic heterocycles. The van der Waals surface area contributed by atoms with Gasteiger partial charge in [0.1, 0.15) is 6.04 Å². The maximum atomic E-state index is 12.1. The lowest BCUT2D eigenvalue weighted by molar-refractivity contribution is -0.118. The summed E-state index contributed by atoms with van der Waals surface area (Å²) in [5, 5.41) is 6.35. The fraction of sp³-hybridized carbons (Fsp3) is 0.545. The maximum Gasteiger partial charge on any atom is 0.242 e. The van der Waals surface area contributed by atoms with E-state index >= 15 is 0 Å². The first-order valence-electron chi connectivity index (χ1n) is 5.64. The van der Waals surface area contributed by atoms with Gasteiger partial charge in [-0.05, 0) is 17.4 Å². The molecule has 2 N–H and O–H groups in total. The molecule has 0 radical (unpaired) electrons. The van der Waals surface area contributed by atoms with Crippen LogP contribution in [0, 0.1) is 5.92 Å². The largest absolute Gasteiger partial charge is 0.324 e. The quantitative estimate of drug-likeness (QED) is 0.836. The first kappa shape index (κ1) is 15.1. The number of sulfonamides is 1. The van der Waals surface area contributed by atoms with Crippen molar-refractivity contribution in [3.05, 3.63) is 16.8 Å². The third-order valence-electron chi connectivity index (χ3n) is 2.63. The monoisotopic (exact) mass is 290 g/mol. The Kier molecular flexibility index (Phi) is 5.30. The fourth-order valence-corrected chi connectivity index (χ4v) is 2.84. The van der Waals surface area contributed by atoms with Crippen molar-refractivity contribution in [3.8, 4) is 0 Å². The number of hydrogen-bond donors (Lipinski definition) is 2. The maximum absolute atomic E-state index is 12.1. The summed E-state index contributed by atoms with van der Waals surface area (Å²) in [6.45, 7) is 3.76. The number of anilines is 1. The van der Waals surface area contributed by atoms with Gasteiger partial charge in [-0.3, -0.25) is 4.79 Å². The second-order valence-corrected chi connectivity index (χ2v) is 6.81. The molecule has 0 aliphatic rings. The molecule has 0 aliphatic heterocycles. The lowest BCUT2D eigenvalue weighted by atomic mass is 9.99. The van der Waals surface area contributed by atoms with Gasteiger partial charge in [-0.25, -0.2) is 13.1 Å². The number of carbonyl (C=O) groups excluding carboxylic acids is 1. The highest BCUT2D eigenvalue weighted by atomic mass is 32.2. The van der Waals surface area contributed by atoms with E-state index in [-0.39, 0.29) is 11.8 Å². The molecule has 102 valence electrons. The predicted molar refractivity (Wildman–Crippen MR) is 74.2 cm³/mol. The molecule has 1 amide bonds. The normalized spacial score (nSPS) is 15.1. The molecule has 1 heterocycles. The van der Waals surface area contributed by atoms with Crippen LogP contribution in [-0.2, 0) is 14.8 Å². The van der Waals surface area contributed by atoms with Gasteiger partial charge in [0.05, 0.1) is 11.9 Å². The van der Waals surface area contributed by atoms with Gasteiger partial charge in [0.2, 0.25) is 15.9 Å². The van der Waals surface area contributed by atoms with Crippen LogP contribution in [0.5, 0.6) is 0 Å². The first-order chi connectivity index (χ1) is 8.33. The molecule has 0 spiro atoms. The summed E-state index contributed by atoms with van der Waals surface area (Å²) in [5.74, 6) is -0.397. The molecule has 18 heavy (non-hydrogen) atoms. The van der Waals surface area contributed by atoms with Crippen LogP contribution in [0.1, 0.15) is 20.3 Å². The van der Waals surface area contributed by atoms with Gasteiger partial charge in [-0.1, -0.05) is 20.3 Å². The number of carbonyl (C=O) groups is 1. The van der Waals surface area contributed by atoms with Crippen molar-refractivity contribution in [2.24, 2.45) is 5.92 Å². The van der Waals surface area contributed by atoms with E-state index in [1.807, 2.05) is 19.2 Å². The number of nitrogens with one attached hydrogen (secondary N) is 2. The van der Waals surface area contributed by atoms with E-state index in [0.717, 1.165) is 6.26 Å². The minimum atomic E-state index is -3.41. The fourth-order valence-electron chi connectivity index (χ4n) is 1.45. The van der Waals surface area contributed by atoms with Gasteiger partial charge in [0.25, 0.3) is 0 Å². The minimum Gasteiger partial charge on any atom is -0.324 e. The Bertz CT molecular complexity index is 482. The summed E-state index contributed by atoms with van der Waals surface area (Å²) in [6.07, 6.45) is 1.77. The zero-order valence-electron chi connectivity index (χ0n) is 10.6. The topological polar surface area (TPSA) is 75.3 Å². The second kappa shape index (κ2) is 6.31. The minimum absolute atomic E-state index is 0.0710. The third-order valence-corrected chi connectivity index (χ3v) is 3.99. The summed E-state index contributed by atoms with van der Waals surface area (Å²) < 4.78 is 24.9. The molecule has 0 unspecified atom stereocenters. The molecule has 5 nitrogen and oxygen atoms in total. The molecule has 7 heteroatoms. The Balaban J connectivity index is 2.79. The van der Waals surface area contributed by atoms with Gasteiger partial charge >= 0.3 is 0 Å². The highest BCUT2D eigenvalue weighted by molar-refractivity contribution is 7.88. The Morgan fingerprint density at radius 3 is 2.61 bits per heavy atom. The van der Waals surface area contributed by atoms with Gasteiger partial charge in [0, 0.05) is 5.38 Å². The van der Waals surface area contributed by atoms with E-state index in [1.54, 1.807) is 11.4 Å². The van der Waals surface area contributed by atoms with Crippen LogP contribution in [0.3, 0.4) is 0 Å². The SMILES string of the molecule is CC[C@@H](C)[C@@H](NS(C)(=O)=O)C(=O)Nc1ccsc1. The van der Waals surface area contributed by atoms with Crippen molar-refractivity contribution in [3.63, 3.8) is 0 Å². The van der Waals surface area contributed by atoms with Crippen LogP contribution in [0.4, 0.5) is 5.69 Å². The Hall–Kier alpha value is -0.920. The molecule has 1 aromatic rings. The van der Waals surface area contributed by atoms with Crippen molar-refractivity contribution in [2.75, 3.05) is 11.6 Å². The van der Waals surface area contributed by atoms with Crippen LogP contribution in [0.15, 0.2) is 16.8 Å². The molecule has 0 bridgehead atoms. The van der Waals surface area contributed by atoms with Crippen molar-refractivity contribution < 1.29 is 13.2 Å². The highest BCUT2D eigenvalue weighted by Crippen LogP contribution is 2.15. The summed E-state index contributed by atoms with van der Waals surface area (Å²) in [6, 6.07) is 1.03. The molecule has 0 saturated heterocycles. The molecule has 1 rings (SSSR count). The molecule has 0 saturated carbocycles. The van der Waals surface area contributed by atoms with Crippen LogP contribution in [-0.4, -0.2) is 26.6 Å². The highest BCUT2D eigenvalue weighted by Gasteiger charge is 2.27. The lowest BCUT2D eigenvalue weighted by Gasteiger charge is -2.22. The van der Waals surface area contributed by atoms with E-state index in [4.69, 9.17) is 0 Å². The van der Waals surface area contributed by atoms with Crippen molar-refractivity contribution in [1.82, 2.24) is 4.72 Å². The summed E-state index contributed by atoms with van der Waals surface area (Å²) in [7, 11) is -3.41. The zero-order valence-corrected chi connectivity index (χ0v) is 12.3. The Labute approximate surface area is 112 Å². The van der Waals surface area contributed by atoms with Crippen molar-refractivity contribution in [2.45, 2.75) is 26.3 Å². The van der Waals surface area contributed by atoms with Crippen LogP contribution < -0.4 is 10.0 Å². The van der Waals surface area contributed by atoms with Crippen molar-refractivity contribution >= 4 is 33.0 Å². The van der Waals surface area contributed by atoms with Crippen LogP contribution in [0.25, 0.3) is 0 Å². The standard InChI is InChI=1S/C11H18N2O3S2/c1-4-8(2)10(13-18(3,15)16)11(14)12-9-5-6-17-7-9/h5-8,10,13H,4H2,1-3H3,(H,12,14)/t8-,10-/m1/s1. The van der Waals surface area contributed by atoms with E-state index in [1.165, 1.54) is 11.3 Å². The van der Waals surface area contributed by atoms with Gasteiger partial charge < -0.3 is 5.32 Å². The van der Waals surface area contributed by atoms with Gasteiger partial charge in [0.15, 0.2) is 0 Å². The zero-order chi connectivity index (χ0) is 13.8. The predicted octanol–water partition coefficient (Wildman–Crippen LogP) is 1.65. The Morgan fingerprint density at radius 1 is 1.50 bits per heavy atom. The van der Waals surface area contributed by atoms with E-state index in [2.05, 4.69) is 10.0 Å². The molecular formula is C11H18N2O3S2. The Morgan fingerprint density at radius 2 is 2.17 bits per heavy atom. The number of rotatable bonds is 6. The third kappa shape index (κ3) is 4.75. The first-order valence-corrected chi connectivity index (χ1v) is 8.47. The average molecular weight is 290 g/mol. The van der Waals surface area contributed by atoms with Crippen LogP contribution in [0.2, 0.25) is 0 Å². The number of thiophene rings is 1.